The van der Waals surface area contributed by atoms with E-state index < -0.39 is 10.8 Å². The Bertz CT molecular complexity index is 427. The third kappa shape index (κ3) is 7.58. The number of thiophene rings is 1. The number of aliphatic imine (C=N–C) groups is 1. The van der Waals surface area contributed by atoms with Crippen LogP contribution in [0.5, 0.6) is 0 Å². The molecule has 0 aliphatic heterocycles. The van der Waals surface area contributed by atoms with E-state index in [9.17, 15) is 4.21 Å². The molecule has 0 saturated heterocycles. The minimum Gasteiger partial charge on any atom is -0.355 e. The molecule has 0 saturated carbocycles. The summed E-state index contributed by atoms with van der Waals surface area (Å²) in [6, 6.07) is 2.08. The van der Waals surface area contributed by atoms with Gasteiger partial charge < -0.3 is 10.6 Å². The molecule has 1 atom stereocenters. The molecule has 4 nitrogen and oxygen atoms in total. The maximum atomic E-state index is 11.9. The van der Waals surface area contributed by atoms with Crippen molar-refractivity contribution in [3.8, 4) is 0 Å². The van der Waals surface area contributed by atoms with Crippen LogP contribution in [0.2, 0.25) is 0 Å². The molecule has 0 fully saturated rings. The van der Waals surface area contributed by atoms with Crippen molar-refractivity contribution < 1.29 is 4.21 Å². The first-order valence-corrected chi connectivity index (χ1v) is 8.53. The number of halogens is 1. The van der Waals surface area contributed by atoms with Gasteiger partial charge in [0.15, 0.2) is 5.96 Å². The summed E-state index contributed by atoms with van der Waals surface area (Å²) in [4.78, 5) is 4.15. The molecule has 0 spiro atoms. The summed E-state index contributed by atoms with van der Waals surface area (Å²) in [5.41, 5.74) is 1.24. The third-order valence-corrected chi connectivity index (χ3v) is 5.20. The molecule has 1 unspecified atom stereocenters. The van der Waals surface area contributed by atoms with Crippen LogP contribution in [0, 0.1) is 0 Å². The van der Waals surface area contributed by atoms with Crippen LogP contribution in [0.25, 0.3) is 0 Å². The lowest BCUT2D eigenvalue weighted by Gasteiger charge is -2.18. The van der Waals surface area contributed by atoms with Gasteiger partial charge in [-0.1, -0.05) is 0 Å². The molecule has 20 heavy (non-hydrogen) atoms. The van der Waals surface area contributed by atoms with E-state index in [1.165, 1.54) is 5.56 Å². The lowest BCUT2D eigenvalue weighted by atomic mass is 10.3. The minimum absolute atomic E-state index is 0. The molecule has 2 N–H and O–H groups in total. The summed E-state index contributed by atoms with van der Waals surface area (Å²) >= 11 is 1.68. The molecule has 1 aromatic rings. The predicted molar refractivity (Wildman–Crippen MR) is 101 cm³/mol. The van der Waals surface area contributed by atoms with E-state index >= 15 is 0 Å². The Kier molecular flexibility index (Phi) is 9.65. The van der Waals surface area contributed by atoms with Gasteiger partial charge in [-0.3, -0.25) is 9.20 Å². The smallest absolute Gasteiger partial charge is 0.191 e. The molecule has 7 heteroatoms. The first-order chi connectivity index (χ1) is 8.93. The largest absolute Gasteiger partial charge is 0.355 e. The summed E-state index contributed by atoms with van der Waals surface area (Å²) in [5, 5.41) is 10.6. The first-order valence-electron chi connectivity index (χ1n) is 6.27. The number of nitrogens with one attached hydrogen (secondary N) is 2. The topological polar surface area (TPSA) is 53.5 Å². The van der Waals surface area contributed by atoms with Gasteiger partial charge in [-0.2, -0.15) is 11.3 Å². The van der Waals surface area contributed by atoms with E-state index in [4.69, 9.17) is 0 Å². The number of rotatable bonds is 5. The van der Waals surface area contributed by atoms with Crippen molar-refractivity contribution in [3.05, 3.63) is 22.4 Å². The Hall–Kier alpha value is -0.150. The van der Waals surface area contributed by atoms with Crippen molar-refractivity contribution in [2.75, 3.05) is 19.3 Å². The van der Waals surface area contributed by atoms with E-state index in [1.54, 1.807) is 18.4 Å². The molecular formula is C13H24IN3OS2. The normalized spacial score (nSPS) is 13.5. The molecule has 1 aromatic heterocycles. The van der Waals surface area contributed by atoms with Gasteiger partial charge in [0.2, 0.25) is 0 Å². The minimum atomic E-state index is -0.833. The van der Waals surface area contributed by atoms with Crippen molar-refractivity contribution in [3.63, 3.8) is 0 Å². The van der Waals surface area contributed by atoms with E-state index in [2.05, 4.69) is 32.5 Å². The molecule has 0 aromatic carbocycles. The fourth-order valence-electron chi connectivity index (χ4n) is 1.37. The maximum Gasteiger partial charge on any atom is 0.191 e. The average Bonchev–Trinajstić information content (AvgIpc) is 2.85. The van der Waals surface area contributed by atoms with Gasteiger partial charge in [0.1, 0.15) is 0 Å². The summed E-state index contributed by atoms with van der Waals surface area (Å²) in [6.45, 7) is 7.39. The van der Waals surface area contributed by atoms with Crippen LogP contribution in [0.3, 0.4) is 0 Å². The molecular weight excluding hydrogens is 405 g/mol. The SMILES string of the molecule is CN=C(NCCS(=O)C(C)(C)C)NCc1ccsc1.I. The van der Waals surface area contributed by atoms with Gasteiger partial charge in [0.05, 0.1) is 0 Å². The monoisotopic (exact) mass is 429 g/mol. The highest BCUT2D eigenvalue weighted by Crippen LogP contribution is 2.10. The number of nitrogens with zero attached hydrogens (tertiary/aromatic N) is 1. The van der Waals surface area contributed by atoms with Crippen molar-refractivity contribution in [1.82, 2.24) is 10.6 Å². The van der Waals surface area contributed by atoms with Crippen molar-refractivity contribution in [2.24, 2.45) is 4.99 Å². The fraction of sp³-hybridized carbons (Fsp3) is 0.615. The Morgan fingerprint density at radius 1 is 1.40 bits per heavy atom. The lowest BCUT2D eigenvalue weighted by molar-refractivity contribution is 0.647. The van der Waals surface area contributed by atoms with E-state index in [0.717, 1.165) is 12.5 Å². The summed E-state index contributed by atoms with van der Waals surface area (Å²) < 4.78 is 11.7. The van der Waals surface area contributed by atoms with Crippen molar-refractivity contribution in [1.29, 1.82) is 0 Å². The quantitative estimate of drug-likeness (QED) is 0.430. The summed E-state index contributed by atoms with van der Waals surface area (Å²) in [7, 11) is 0.907. The van der Waals surface area contributed by atoms with E-state index in [1.807, 2.05) is 20.8 Å². The number of hydrogen-bond acceptors (Lipinski definition) is 3. The van der Waals surface area contributed by atoms with Gasteiger partial charge in [-0.05, 0) is 43.2 Å². The highest BCUT2D eigenvalue weighted by atomic mass is 127. The van der Waals surface area contributed by atoms with Crippen LogP contribution in [0.15, 0.2) is 21.8 Å². The van der Waals surface area contributed by atoms with Crippen LogP contribution in [0.1, 0.15) is 26.3 Å². The average molecular weight is 429 g/mol. The van der Waals surface area contributed by atoms with Gasteiger partial charge in [0, 0.05) is 41.4 Å². The van der Waals surface area contributed by atoms with Gasteiger partial charge in [-0.15, -0.1) is 24.0 Å². The van der Waals surface area contributed by atoms with Crippen molar-refractivity contribution >= 4 is 52.1 Å². The second-order valence-electron chi connectivity index (χ2n) is 5.15. The van der Waals surface area contributed by atoms with E-state index in [-0.39, 0.29) is 28.7 Å². The molecule has 0 amide bonds. The molecule has 116 valence electrons. The highest BCUT2D eigenvalue weighted by molar-refractivity contribution is 14.0. The van der Waals surface area contributed by atoms with Crippen LogP contribution >= 0.6 is 35.3 Å². The van der Waals surface area contributed by atoms with Gasteiger partial charge in [-0.25, -0.2) is 0 Å². The predicted octanol–water partition coefficient (Wildman–Crippen LogP) is 2.58. The van der Waals surface area contributed by atoms with Crippen LogP contribution in [0.4, 0.5) is 0 Å². The number of guanidine groups is 1. The zero-order valence-electron chi connectivity index (χ0n) is 12.4. The second-order valence-corrected chi connectivity index (χ2v) is 8.25. The zero-order chi connectivity index (χ0) is 14.3. The Morgan fingerprint density at radius 2 is 2.10 bits per heavy atom. The second kappa shape index (κ2) is 9.73. The molecule has 0 aliphatic carbocycles. The maximum absolute atomic E-state index is 11.9. The van der Waals surface area contributed by atoms with Crippen LogP contribution in [-0.2, 0) is 17.3 Å². The molecule has 0 aliphatic rings. The fourth-order valence-corrected chi connectivity index (χ4v) is 2.94. The molecule has 1 rings (SSSR count). The Labute approximate surface area is 145 Å². The van der Waals surface area contributed by atoms with Gasteiger partial charge in [0.25, 0.3) is 0 Å². The standard InChI is InChI=1S/C13H23N3OS2.HI/c1-13(2,3)19(17)8-6-15-12(14-4)16-9-11-5-7-18-10-11;/h5,7,10H,6,8-9H2,1-4H3,(H2,14,15,16);1H. The highest BCUT2D eigenvalue weighted by Gasteiger charge is 2.18. The molecule has 0 bridgehead atoms. The summed E-state index contributed by atoms with van der Waals surface area (Å²) in [5.74, 6) is 1.37. The Morgan fingerprint density at radius 3 is 2.60 bits per heavy atom. The Balaban J connectivity index is 0.00000361. The van der Waals surface area contributed by atoms with Crippen LogP contribution in [-0.4, -0.2) is 34.3 Å². The molecule has 0 radical (unpaired) electrons. The van der Waals surface area contributed by atoms with Gasteiger partial charge >= 0.3 is 0 Å². The van der Waals surface area contributed by atoms with E-state index in [0.29, 0.717) is 12.3 Å². The number of hydrogen-bond donors (Lipinski definition) is 2. The van der Waals surface area contributed by atoms with Crippen LogP contribution < -0.4 is 10.6 Å². The van der Waals surface area contributed by atoms with Crippen molar-refractivity contribution in [2.45, 2.75) is 32.1 Å². The summed E-state index contributed by atoms with van der Waals surface area (Å²) in [6.07, 6.45) is 0. The zero-order valence-corrected chi connectivity index (χ0v) is 16.4. The lowest BCUT2D eigenvalue weighted by Crippen LogP contribution is -2.40. The first kappa shape index (κ1) is 19.9. The third-order valence-electron chi connectivity index (χ3n) is 2.53. The molecule has 1 heterocycles.